The molecule has 3 aromatic rings. The van der Waals surface area contributed by atoms with E-state index in [2.05, 4.69) is 5.10 Å². The van der Waals surface area contributed by atoms with Crippen LogP contribution in [0.15, 0.2) is 59.4 Å². The fourth-order valence-corrected chi connectivity index (χ4v) is 3.15. The van der Waals surface area contributed by atoms with Gasteiger partial charge in [0, 0.05) is 31.6 Å². The van der Waals surface area contributed by atoms with Crippen molar-refractivity contribution in [3.8, 4) is 0 Å². The summed E-state index contributed by atoms with van der Waals surface area (Å²) in [5.74, 6) is -0.366. The summed E-state index contributed by atoms with van der Waals surface area (Å²) < 4.78 is 1.70. The van der Waals surface area contributed by atoms with Crippen LogP contribution in [0.2, 0.25) is 0 Å². The predicted octanol–water partition coefficient (Wildman–Crippen LogP) is 2.48. The van der Waals surface area contributed by atoms with Gasteiger partial charge in [0.15, 0.2) is 5.69 Å². The monoisotopic (exact) mass is 400 g/mol. The van der Waals surface area contributed by atoms with Crippen LogP contribution in [0, 0.1) is 0 Å². The highest BCUT2D eigenvalue weighted by atomic mass is 35.5. The zero-order chi connectivity index (χ0) is 19.2. The van der Waals surface area contributed by atoms with Crippen molar-refractivity contribution < 1.29 is 4.79 Å². The smallest absolute Gasteiger partial charge is 0.278 e. The van der Waals surface area contributed by atoms with E-state index in [0.29, 0.717) is 38.0 Å². The first-order valence-corrected chi connectivity index (χ1v) is 9.18. The Balaban J connectivity index is 0.00000280. The van der Waals surface area contributed by atoms with Gasteiger partial charge >= 0.3 is 0 Å². The van der Waals surface area contributed by atoms with Crippen molar-refractivity contribution in [1.29, 1.82) is 0 Å². The summed E-state index contributed by atoms with van der Waals surface area (Å²) in [6.07, 6.45) is 0.697. The van der Waals surface area contributed by atoms with Crippen LogP contribution >= 0.6 is 12.4 Å². The van der Waals surface area contributed by atoms with Crippen LogP contribution in [0.3, 0.4) is 0 Å². The zero-order valence-corrected chi connectivity index (χ0v) is 16.7. The van der Waals surface area contributed by atoms with Gasteiger partial charge in [-0.15, -0.1) is 12.4 Å². The Bertz CT molecular complexity index is 989. The molecule has 0 bridgehead atoms. The van der Waals surface area contributed by atoms with Gasteiger partial charge in [0.05, 0.1) is 5.52 Å². The fraction of sp³-hybridized carbons (Fsp3) is 0.286. The highest BCUT2D eigenvalue weighted by Crippen LogP contribution is 2.11. The normalized spacial score (nSPS) is 10.5. The van der Waals surface area contributed by atoms with Crippen molar-refractivity contribution in [2.24, 2.45) is 5.73 Å². The van der Waals surface area contributed by atoms with E-state index in [0.717, 1.165) is 11.1 Å². The molecular weight excluding hydrogens is 376 g/mol. The Morgan fingerprint density at radius 3 is 2.43 bits per heavy atom. The number of amides is 1. The summed E-state index contributed by atoms with van der Waals surface area (Å²) in [5.41, 5.74) is 7.19. The molecule has 1 amide bonds. The molecule has 1 heterocycles. The first-order valence-electron chi connectivity index (χ1n) is 9.18. The van der Waals surface area contributed by atoms with Crippen molar-refractivity contribution in [2.75, 3.05) is 19.6 Å². The average molecular weight is 401 g/mol. The molecule has 0 unspecified atom stereocenters. The minimum absolute atomic E-state index is 0. The number of hydrogen-bond acceptors (Lipinski definition) is 4. The van der Waals surface area contributed by atoms with Gasteiger partial charge in [0.1, 0.15) is 0 Å². The third-order valence-corrected chi connectivity index (χ3v) is 4.56. The second-order valence-corrected chi connectivity index (χ2v) is 6.33. The Morgan fingerprint density at radius 1 is 1.07 bits per heavy atom. The molecule has 148 valence electrons. The lowest BCUT2D eigenvalue weighted by atomic mass is 10.1. The Hall–Kier alpha value is -2.70. The first-order chi connectivity index (χ1) is 13.2. The number of halogens is 1. The molecule has 0 aliphatic heterocycles. The van der Waals surface area contributed by atoms with Crippen LogP contribution in [0.5, 0.6) is 0 Å². The van der Waals surface area contributed by atoms with Crippen molar-refractivity contribution in [3.05, 3.63) is 76.1 Å². The number of nitrogens with zero attached hydrogens (tertiary/aromatic N) is 3. The first kappa shape index (κ1) is 21.6. The third-order valence-electron chi connectivity index (χ3n) is 4.56. The topological polar surface area (TPSA) is 81.2 Å². The minimum atomic E-state index is -0.366. The molecule has 0 spiro atoms. The van der Waals surface area contributed by atoms with Gasteiger partial charge in [-0.2, -0.15) is 5.10 Å². The lowest BCUT2D eigenvalue weighted by Crippen LogP contribution is -2.40. The van der Waals surface area contributed by atoms with Gasteiger partial charge in [0.25, 0.3) is 5.91 Å². The maximum absolute atomic E-state index is 13.1. The molecule has 0 aliphatic carbocycles. The largest absolute Gasteiger partial charge is 0.336 e. The van der Waals surface area contributed by atoms with Crippen molar-refractivity contribution in [3.63, 3.8) is 0 Å². The Kier molecular flexibility index (Phi) is 7.72. The number of carbonyl (C=O) groups excluding carboxylic acids is 1. The summed E-state index contributed by atoms with van der Waals surface area (Å²) in [7, 11) is 0. The number of aryl methyl sites for hydroxylation is 1. The molecule has 2 N–H and O–H groups in total. The summed E-state index contributed by atoms with van der Waals surface area (Å²) in [6.45, 7) is 3.70. The van der Waals surface area contributed by atoms with E-state index in [9.17, 15) is 9.59 Å². The number of benzene rings is 2. The molecule has 0 aliphatic rings. The molecule has 0 saturated carbocycles. The maximum Gasteiger partial charge on any atom is 0.278 e. The summed E-state index contributed by atoms with van der Waals surface area (Å²) >= 11 is 0. The van der Waals surface area contributed by atoms with Crippen molar-refractivity contribution >= 4 is 29.2 Å². The van der Waals surface area contributed by atoms with Gasteiger partial charge in [-0.25, -0.2) is 0 Å². The summed E-state index contributed by atoms with van der Waals surface area (Å²) in [6, 6.07) is 17.2. The molecule has 2 aromatic carbocycles. The van der Waals surface area contributed by atoms with E-state index in [1.54, 1.807) is 21.7 Å². The average Bonchev–Trinajstić information content (AvgIpc) is 2.72. The van der Waals surface area contributed by atoms with E-state index < -0.39 is 0 Å². The van der Waals surface area contributed by atoms with E-state index in [4.69, 9.17) is 5.73 Å². The molecule has 0 fully saturated rings. The predicted molar refractivity (Wildman–Crippen MR) is 114 cm³/mol. The number of rotatable bonds is 7. The molecule has 3 rings (SSSR count). The van der Waals surface area contributed by atoms with E-state index in [1.807, 2.05) is 49.4 Å². The second-order valence-electron chi connectivity index (χ2n) is 6.33. The summed E-state index contributed by atoms with van der Waals surface area (Å²) in [5, 5.41) is 4.86. The van der Waals surface area contributed by atoms with E-state index >= 15 is 0 Å². The molecule has 1 aromatic heterocycles. The van der Waals surface area contributed by atoms with E-state index in [1.165, 1.54) is 0 Å². The molecular formula is C21H25ClN4O2. The van der Waals surface area contributed by atoms with Crippen molar-refractivity contribution in [2.45, 2.75) is 19.9 Å². The molecule has 7 heteroatoms. The molecule has 0 atom stereocenters. The zero-order valence-electron chi connectivity index (χ0n) is 15.9. The third kappa shape index (κ3) is 4.58. The number of hydrogen-bond donors (Lipinski definition) is 1. The quantitative estimate of drug-likeness (QED) is 0.660. The van der Waals surface area contributed by atoms with Gasteiger partial charge in [-0.3, -0.25) is 14.3 Å². The van der Waals surface area contributed by atoms with Crippen LogP contribution < -0.4 is 11.2 Å². The van der Waals surface area contributed by atoms with Gasteiger partial charge in [-0.1, -0.05) is 42.5 Å². The number of para-hydroxylation sites is 1. The maximum atomic E-state index is 13.1. The second kappa shape index (κ2) is 10.0. The van der Waals surface area contributed by atoms with Gasteiger partial charge in [0.2, 0.25) is 5.43 Å². The van der Waals surface area contributed by atoms with E-state index in [-0.39, 0.29) is 29.4 Å². The van der Waals surface area contributed by atoms with Crippen LogP contribution in [-0.2, 0) is 13.0 Å². The number of fused-ring (bicyclic) bond motifs is 1. The minimum Gasteiger partial charge on any atom is -0.336 e. The highest BCUT2D eigenvalue weighted by Gasteiger charge is 2.22. The highest BCUT2D eigenvalue weighted by molar-refractivity contribution is 5.95. The molecule has 0 radical (unpaired) electrons. The van der Waals surface area contributed by atoms with Gasteiger partial charge < -0.3 is 10.6 Å². The van der Waals surface area contributed by atoms with Crippen LogP contribution in [-0.4, -0.2) is 40.2 Å². The lowest BCUT2D eigenvalue weighted by molar-refractivity contribution is 0.0752. The SMILES string of the molecule is CCn1nc(C(=O)N(CCN)CCc2ccccc2)c(=O)c2ccccc21.Cl. The molecule has 0 saturated heterocycles. The van der Waals surface area contributed by atoms with Gasteiger partial charge in [-0.05, 0) is 31.0 Å². The Labute approximate surface area is 170 Å². The van der Waals surface area contributed by atoms with Crippen LogP contribution in [0.25, 0.3) is 10.9 Å². The molecule has 28 heavy (non-hydrogen) atoms. The lowest BCUT2D eigenvalue weighted by Gasteiger charge is -2.22. The van der Waals surface area contributed by atoms with Crippen molar-refractivity contribution in [1.82, 2.24) is 14.7 Å². The number of aromatic nitrogens is 2. The standard InChI is InChI=1S/C21H24N4O2.ClH/c1-2-25-18-11-7-6-10-17(18)20(26)19(23-25)21(27)24(15-13-22)14-12-16-8-4-3-5-9-16;/h3-11H,2,12-15,22H2,1H3;1H. The summed E-state index contributed by atoms with van der Waals surface area (Å²) in [4.78, 5) is 27.6. The van der Waals surface area contributed by atoms with Crippen LogP contribution in [0.1, 0.15) is 23.0 Å². The fourth-order valence-electron chi connectivity index (χ4n) is 3.15. The van der Waals surface area contributed by atoms with Crippen LogP contribution in [0.4, 0.5) is 0 Å². The molecule has 6 nitrogen and oxygen atoms in total. The Morgan fingerprint density at radius 2 is 1.75 bits per heavy atom. The number of nitrogens with two attached hydrogens (primary N) is 1. The number of carbonyl (C=O) groups is 1.